The maximum Gasteiger partial charge on any atom is 0.244 e. The second kappa shape index (κ2) is 6.13. The fourth-order valence-corrected chi connectivity index (χ4v) is 3.06. The van der Waals surface area contributed by atoms with Gasteiger partial charge in [-0.15, -0.1) is 0 Å². The topological polar surface area (TPSA) is 64.0 Å². The van der Waals surface area contributed by atoms with E-state index < -0.39 is 27.7 Å². The SMILES string of the molecule is CC(C)n1cc(S(=O)(=O)N[C@@H](C)c2ccc(F)c(F)c2)cn1. The number of hydrogen-bond donors (Lipinski definition) is 1. The van der Waals surface area contributed by atoms with Crippen molar-refractivity contribution in [1.82, 2.24) is 14.5 Å². The molecule has 0 aliphatic heterocycles. The summed E-state index contributed by atoms with van der Waals surface area (Å²) in [5.41, 5.74) is 0.332. The third-order valence-corrected chi connectivity index (χ3v) is 4.69. The van der Waals surface area contributed by atoms with Crippen LogP contribution < -0.4 is 4.72 Å². The zero-order chi connectivity index (χ0) is 16.5. The quantitative estimate of drug-likeness (QED) is 0.917. The highest BCUT2D eigenvalue weighted by atomic mass is 32.2. The lowest BCUT2D eigenvalue weighted by atomic mass is 10.1. The molecule has 120 valence electrons. The average molecular weight is 329 g/mol. The molecule has 1 heterocycles. The van der Waals surface area contributed by atoms with E-state index in [0.717, 1.165) is 12.1 Å². The summed E-state index contributed by atoms with van der Waals surface area (Å²) >= 11 is 0. The van der Waals surface area contributed by atoms with E-state index in [-0.39, 0.29) is 10.9 Å². The van der Waals surface area contributed by atoms with Crippen molar-refractivity contribution in [3.05, 3.63) is 47.8 Å². The van der Waals surface area contributed by atoms with E-state index in [1.165, 1.54) is 23.1 Å². The van der Waals surface area contributed by atoms with Crippen LogP contribution in [0.2, 0.25) is 0 Å². The maximum atomic E-state index is 13.2. The van der Waals surface area contributed by atoms with Crippen molar-refractivity contribution in [3.63, 3.8) is 0 Å². The number of sulfonamides is 1. The molecule has 0 fully saturated rings. The number of nitrogens with one attached hydrogen (secondary N) is 1. The van der Waals surface area contributed by atoms with Crippen molar-refractivity contribution >= 4 is 10.0 Å². The highest BCUT2D eigenvalue weighted by Crippen LogP contribution is 2.19. The summed E-state index contributed by atoms with van der Waals surface area (Å²) in [5.74, 6) is -1.99. The number of halogens is 2. The van der Waals surface area contributed by atoms with E-state index in [0.29, 0.717) is 5.56 Å². The van der Waals surface area contributed by atoms with Gasteiger partial charge in [0.2, 0.25) is 10.0 Å². The Kier molecular flexibility index (Phi) is 4.62. The van der Waals surface area contributed by atoms with Gasteiger partial charge >= 0.3 is 0 Å². The Morgan fingerprint density at radius 3 is 2.41 bits per heavy atom. The van der Waals surface area contributed by atoms with Gasteiger partial charge in [0.1, 0.15) is 4.90 Å². The fraction of sp³-hybridized carbons (Fsp3) is 0.357. The van der Waals surface area contributed by atoms with Crippen LogP contribution >= 0.6 is 0 Å². The molecule has 0 bridgehead atoms. The minimum absolute atomic E-state index is 0.0237. The summed E-state index contributed by atoms with van der Waals surface area (Å²) in [7, 11) is -3.79. The van der Waals surface area contributed by atoms with Crippen LogP contribution in [0, 0.1) is 11.6 Å². The second-order valence-corrected chi connectivity index (χ2v) is 6.98. The molecule has 0 saturated carbocycles. The van der Waals surface area contributed by atoms with Crippen LogP contribution in [0.3, 0.4) is 0 Å². The number of aromatic nitrogens is 2. The summed E-state index contributed by atoms with van der Waals surface area (Å²) in [4.78, 5) is 0.0237. The summed E-state index contributed by atoms with van der Waals surface area (Å²) in [6.45, 7) is 5.30. The van der Waals surface area contributed by atoms with Crippen LogP contribution in [-0.4, -0.2) is 18.2 Å². The first-order valence-electron chi connectivity index (χ1n) is 6.72. The summed E-state index contributed by atoms with van der Waals surface area (Å²) in [6, 6.07) is 2.60. The zero-order valence-electron chi connectivity index (χ0n) is 12.4. The molecule has 1 aromatic heterocycles. The summed E-state index contributed by atoms with van der Waals surface area (Å²) < 4.78 is 54.6. The summed E-state index contributed by atoms with van der Waals surface area (Å²) in [5, 5.41) is 3.98. The van der Waals surface area contributed by atoms with Crippen LogP contribution in [0.1, 0.15) is 38.4 Å². The van der Waals surface area contributed by atoms with Gasteiger partial charge in [-0.05, 0) is 38.5 Å². The van der Waals surface area contributed by atoms with Crippen molar-refractivity contribution in [2.75, 3.05) is 0 Å². The average Bonchev–Trinajstić information content (AvgIpc) is 2.92. The van der Waals surface area contributed by atoms with Crippen molar-refractivity contribution in [2.45, 2.75) is 37.8 Å². The van der Waals surface area contributed by atoms with Crippen LogP contribution in [0.25, 0.3) is 0 Å². The van der Waals surface area contributed by atoms with Crippen LogP contribution in [0.5, 0.6) is 0 Å². The number of hydrogen-bond acceptors (Lipinski definition) is 3. The van der Waals surface area contributed by atoms with Crippen molar-refractivity contribution < 1.29 is 17.2 Å². The lowest BCUT2D eigenvalue weighted by Gasteiger charge is -2.14. The molecular formula is C14H17F2N3O2S. The molecule has 1 N–H and O–H groups in total. The first-order valence-corrected chi connectivity index (χ1v) is 8.20. The minimum Gasteiger partial charge on any atom is -0.269 e. The molecule has 2 aromatic rings. The largest absolute Gasteiger partial charge is 0.269 e. The third kappa shape index (κ3) is 3.50. The monoisotopic (exact) mass is 329 g/mol. The zero-order valence-corrected chi connectivity index (χ0v) is 13.2. The van der Waals surface area contributed by atoms with Crippen LogP contribution in [-0.2, 0) is 10.0 Å². The molecule has 1 atom stereocenters. The molecule has 0 aliphatic rings. The lowest BCUT2D eigenvalue weighted by molar-refractivity contribution is 0.504. The molecular weight excluding hydrogens is 312 g/mol. The molecule has 0 amide bonds. The first-order chi connectivity index (χ1) is 10.2. The normalized spacial score (nSPS) is 13.5. The van der Waals surface area contributed by atoms with Gasteiger partial charge in [-0.3, -0.25) is 4.68 Å². The predicted octanol–water partition coefficient (Wildman–Crippen LogP) is 2.78. The van der Waals surface area contributed by atoms with E-state index in [1.807, 2.05) is 13.8 Å². The Labute approximate surface area is 128 Å². The predicted molar refractivity (Wildman–Crippen MR) is 77.7 cm³/mol. The van der Waals surface area contributed by atoms with E-state index >= 15 is 0 Å². The van der Waals surface area contributed by atoms with Gasteiger partial charge in [-0.25, -0.2) is 21.9 Å². The van der Waals surface area contributed by atoms with E-state index in [1.54, 1.807) is 6.92 Å². The number of benzene rings is 1. The third-order valence-electron chi connectivity index (χ3n) is 3.19. The van der Waals surface area contributed by atoms with Gasteiger partial charge in [0.05, 0.1) is 6.20 Å². The van der Waals surface area contributed by atoms with E-state index in [9.17, 15) is 17.2 Å². The van der Waals surface area contributed by atoms with Gasteiger partial charge in [0.15, 0.2) is 11.6 Å². The van der Waals surface area contributed by atoms with Crippen molar-refractivity contribution in [3.8, 4) is 0 Å². The maximum absolute atomic E-state index is 13.2. The molecule has 0 aliphatic carbocycles. The Hall–Kier alpha value is -1.80. The Morgan fingerprint density at radius 2 is 1.86 bits per heavy atom. The second-order valence-electron chi connectivity index (χ2n) is 5.27. The van der Waals surface area contributed by atoms with E-state index in [2.05, 4.69) is 9.82 Å². The molecule has 2 rings (SSSR count). The molecule has 0 saturated heterocycles. The fourth-order valence-electron chi connectivity index (χ4n) is 1.89. The van der Waals surface area contributed by atoms with Gasteiger partial charge in [0.25, 0.3) is 0 Å². The summed E-state index contributed by atoms with van der Waals surface area (Å²) in [6.07, 6.45) is 2.67. The van der Waals surface area contributed by atoms with Crippen LogP contribution in [0.15, 0.2) is 35.5 Å². The number of rotatable bonds is 5. The van der Waals surface area contributed by atoms with Crippen LogP contribution in [0.4, 0.5) is 8.78 Å². The van der Waals surface area contributed by atoms with Gasteiger partial charge in [-0.1, -0.05) is 6.07 Å². The lowest BCUT2D eigenvalue weighted by Crippen LogP contribution is -2.26. The van der Waals surface area contributed by atoms with Gasteiger partial charge in [-0.2, -0.15) is 5.10 Å². The smallest absolute Gasteiger partial charge is 0.244 e. The standard InChI is InChI=1S/C14H17F2N3O2S/c1-9(2)19-8-12(7-17-19)22(20,21)18-10(3)11-4-5-13(15)14(16)6-11/h4-10,18H,1-3H3/t10-/m0/s1. The Bertz CT molecular complexity index is 772. The molecule has 1 aromatic carbocycles. The molecule has 0 radical (unpaired) electrons. The van der Waals surface area contributed by atoms with Gasteiger partial charge in [0, 0.05) is 18.3 Å². The Morgan fingerprint density at radius 1 is 1.18 bits per heavy atom. The van der Waals surface area contributed by atoms with Gasteiger partial charge < -0.3 is 0 Å². The highest BCUT2D eigenvalue weighted by Gasteiger charge is 2.21. The molecule has 0 spiro atoms. The highest BCUT2D eigenvalue weighted by molar-refractivity contribution is 7.89. The minimum atomic E-state index is -3.79. The van der Waals surface area contributed by atoms with Crippen molar-refractivity contribution in [1.29, 1.82) is 0 Å². The Balaban J connectivity index is 2.21. The van der Waals surface area contributed by atoms with Crippen molar-refractivity contribution in [2.24, 2.45) is 0 Å². The molecule has 8 heteroatoms. The van der Waals surface area contributed by atoms with E-state index in [4.69, 9.17) is 0 Å². The molecule has 22 heavy (non-hydrogen) atoms. The molecule has 0 unspecified atom stereocenters. The molecule has 5 nitrogen and oxygen atoms in total. The first kappa shape index (κ1) is 16.6. The number of nitrogens with zero attached hydrogens (tertiary/aromatic N) is 2.